The predicted octanol–water partition coefficient (Wildman–Crippen LogP) is 4.57. The van der Waals surface area contributed by atoms with Gasteiger partial charge in [-0.3, -0.25) is 0 Å². The van der Waals surface area contributed by atoms with E-state index in [4.69, 9.17) is 13.7 Å². The Hall–Kier alpha value is -3.13. The molecule has 7 nitrogen and oxygen atoms in total. The molecule has 2 aromatic heterocycles. The smallest absolute Gasteiger partial charge is 0.277 e. The number of hydrogen-bond donors (Lipinski definition) is 0. The van der Waals surface area contributed by atoms with Gasteiger partial charge in [-0.05, 0) is 24.6 Å². The van der Waals surface area contributed by atoms with Crippen molar-refractivity contribution in [1.82, 2.24) is 20.3 Å². The summed E-state index contributed by atoms with van der Waals surface area (Å²) in [5, 5.41) is 12.6. The molecule has 0 amide bonds. The minimum absolute atomic E-state index is 0.112. The van der Waals surface area contributed by atoms with Gasteiger partial charge in [0.1, 0.15) is 5.75 Å². The molecule has 4 rings (SSSR count). The number of nitrogens with zero attached hydrogens (tertiary/aromatic N) is 4. The van der Waals surface area contributed by atoms with E-state index in [-0.39, 0.29) is 5.25 Å². The Kier molecular flexibility index (Phi) is 5.38. The van der Waals surface area contributed by atoms with E-state index in [0.29, 0.717) is 29.2 Å². The molecule has 0 saturated heterocycles. The van der Waals surface area contributed by atoms with Crippen molar-refractivity contribution in [2.24, 2.45) is 0 Å². The highest BCUT2D eigenvalue weighted by molar-refractivity contribution is 7.99. The molecule has 0 aliphatic carbocycles. The number of ether oxygens (including phenoxy) is 1. The maximum Gasteiger partial charge on any atom is 0.277 e. The second kappa shape index (κ2) is 8.26. The second-order valence-corrected chi connectivity index (χ2v) is 7.36. The molecule has 0 saturated carbocycles. The van der Waals surface area contributed by atoms with Crippen LogP contribution >= 0.6 is 11.8 Å². The Labute approximate surface area is 166 Å². The van der Waals surface area contributed by atoms with Crippen LogP contribution in [0.5, 0.6) is 5.75 Å². The lowest BCUT2D eigenvalue weighted by Crippen LogP contribution is -1.89. The lowest BCUT2D eigenvalue weighted by molar-refractivity contribution is 0.378. The molecule has 4 aromatic rings. The van der Waals surface area contributed by atoms with Crippen molar-refractivity contribution in [1.29, 1.82) is 0 Å². The molecule has 0 aliphatic rings. The molecular weight excluding hydrogens is 376 g/mol. The van der Waals surface area contributed by atoms with E-state index >= 15 is 0 Å². The average Bonchev–Trinajstić information content (AvgIpc) is 3.39. The molecule has 142 valence electrons. The summed E-state index contributed by atoms with van der Waals surface area (Å²) in [7, 11) is 1.64. The maximum atomic E-state index is 5.75. The molecule has 0 radical (unpaired) electrons. The Morgan fingerprint density at radius 3 is 2.57 bits per heavy atom. The molecule has 0 fully saturated rings. The fraction of sp³-hybridized carbons (Fsp3) is 0.200. The third-order valence-corrected chi connectivity index (χ3v) is 4.98. The molecule has 2 heterocycles. The van der Waals surface area contributed by atoms with Gasteiger partial charge < -0.3 is 13.7 Å². The minimum Gasteiger partial charge on any atom is -0.497 e. The van der Waals surface area contributed by atoms with Crippen LogP contribution in [0.25, 0.3) is 11.4 Å². The summed E-state index contributed by atoms with van der Waals surface area (Å²) in [4.78, 5) is 4.47. The number of aromatic nitrogens is 4. The normalized spacial score (nSPS) is 12.1. The highest BCUT2D eigenvalue weighted by Gasteiger charge is 2.19. The summed E-state index contributed by atoms with van der Waals surface area (Å²) in [5.74, 6) is 2.44. The van der Waals surface area contributed by atoms with E-state index in [1.54, 1.807) is 7.11 Å². The van der Waals surface area contributed by atoms with Gasteiger partial charge in [-0.25, -0.2) is 0 Å². The van der Waals surface area contributed by atoms with Gasteiger partial charge in [0.2, 0.25) is 17.6 Å². The van der Waals surface area contributed by atoms with Crippen LogP contribution in [0.2, 0.25) is 0 Å². The van der Waals surface area contributed by atoms with Gasteiger partial charge in [-0.15, -0.1) is 10.2 Å². The predicted molar refractivity (Wildman–Crippen MR) is 104 cm³/mol. The molecule has 0 N–H and O–H groups in total. The lowest BCUT2D eigenvalue weighted by Gasteiger charge is -2.02. The molecule has 0 spiro atoms. The van der Waals surface area contributed by atoms with Crippen LogP contribution in [0, 0.1) is 0 Å². The zero-order valence-electron chi connectivity index (χ0n) is 15.4. The van der Waals surface area contributed by atoms with Crippen LogP contribution in [0.15, 0.2) is 68.8 Å². The first-order valence-electron chi connectivity index (χ1n) is 8.72. The second-order valence-electron chi connectivity index (χ2n) is 6.07. The average molecular weight is 394 g/mol. The zero-order valence-corrected chi connectivity index (χ0v) is 16.2. The van der Waals surface area contributed by atoms with Gasteiger partial charge in [0.15, 0.2) is 0 Å². The van der Waals surface area contributed by atoms with E-state index in [9.17, 15) is 0 Å². The van der Waals surface area contributed by atoms with Crippen LogP contribution in [-0.2, 0) is 6.42 Å². The van der Waals surface area contributed by atoms with Gasteiger partial charge in [0.25, 0.3) is 5.22 Å². The summed E-state index contributed by atoms with van der Waals surface area (Å²) in [5.41, 5.74) is 1.98. The third kappa shape index (κ3) is 4.23. The third-order valence-electron chi connectivity index (χ3n) is 4.06. The first-order valence-corrected chi connectivity index (χ1v) is 9.60. The Balaban J connectivity index is 1.40. The van der Waals surface area contributed by atoms with Crippen LogP contribution in [0.3, 0.4) is 0 Å². The fourth-order valence-corrected chi connectivity index (χ4v) is 3.31. The van der Waals surface area contributed by atoms with Gasteiger partial charge in [-0.1, -0.05) is 59.4 Å². The van der Waals surface area contributed by atoms with Crippen molar-refractivity contribution in [3.05, 3.63) is 71.9 Å². The summed E-state index contributed by atoms with van der Waals surface area (Å²) >= 11 is 1.39. The monoisotopic (exact) mass is 394 g/mol. The van der Waals surface area contributed by atoms with E-state index in [1.165, 1.54) is 11.8 Å². The fourth-order valence-electron chi connectivity index (χ4n) is 2.58. The molecule has 1 atom stereocenters. The highest BCUT2D eigenvalue weighted by atomic mass is 32.2. The first-order chi connectivity index (χ1) is 13.7. The standard InChI is InChI=1S/C20H18N4O3S/c1-13(19-21-18(24-27-19)15-6-4-3-5-7-15)28-20-23-22-17(26-20)12-14-8-10-16(25-2)11-9-14/h3-11,13H,12H2,1-2H3. The first kappa shape index (κ1) is 18.2. The number of methoxy groups -OCH3 is 1. The summed E-state index contributed by atoms with van der Waals surface area (Å²) in [6, 6.07) is 17.5. The van der Waals surface area contributed by atoms with Crippen molar-refractivity contribution in [2.45, 2.75) is 23.8 Å². The molecule has 1 unspecified atom stereocenters. The van der Waals surface area contributed by atoms with Gasteiger partial charge in [0.05, 0.1) is 18.8 Å². The van der Waals surface area contributed by atoms with Crippen LogP contribution in [0.1, 0.15) is 29.5 Å². The summed E-state index contributed by atoms with van der Waals surface area (Å²) < 4.78 is 16.3. The van der Waals surface area contributed by atoms with Gasteiger partial charge >= 0.3 is 0 Å². The van der Waals surface area contributed by atoms with Crippen molar-refractivity contribution in [3.63, 3.8) is 0 Å². The topological polar surface area (TPSA) is 87.1 Å². The van der Waals surface area contributed by atoms with E-state index in [0.717, 1.165) is 16.9 Å². The van der Waals surface area contributed by atoms with Crippen molar-refractivity contribution in [2.75, 3.05) is 7.11 Å². The molecule has 0 bridgehead atoms. The van der Waals surface area contributed by atoms with Crippen LogP contribution in [0.4, 0.5) is 0 Å². The quantitative estimate of drug-likeness (QED) is 0.421. The molecule has 0 aliphatic heterocycles. The van der Waals surface area contributed by atoms with Crippen LogP contribution < -0.4 is 4.74 Å². The molecule has 28 heavy (non-hydrogen) atoms. The largest absolute Gasteiger partial charge is 0.497 e. The van der Waals surface area contributed by atoms with Crippen LogP contribution in [-0.4, -0.2) is 27.4 Å². The summed E-state index contributed by atoms with van der Waals surface area (Å²) in [6.07, 6.45) is 0.560. The van der Waals surface area contributed by atoms with E-state index < -0.39 is 0 Å². The SMILES string of the molecule is COc1ccc(Cc2nnc(SC(C)c3nc(-c4ccccc4)no3)o2)cc1. The maximum absolute atomic E-state index is 5.75. The van der Waals surface area contributed by atoms with Gasteiger partial charge in [0, 0.05) is 5.56 Å². The number of rotatable bonds is 7. The lowest BCUT2D eigenvalue weighted by atomic mass is 10.1. The Morgan fingerprint density at radius 2 is 1.82 bits per heavy atom. The number of benzene rings is 2. The zero-order chi connectivity index (χ0) is 19.3. The number of thioether (sulfide) groups is 1. The summed E-state index contributed by atoms with van der Waals surface area (Å²) in [6.45, 7) is 1.96. The molecule has 2 aromatic carbocycles. The minimum atomic E-state index is -0.112. The van der Waals surface area contributed by atoms with Crippen molar-refractivity contribution >= 4 is 11.8 Å². The van der Waals surface area contributed by atoms with Gasteiger partial charge in [-0.2, -0.15) is 4.98 Å². The van der Waals surface area contributed by atoms with Crippen molar-refractivity contribution < 1.29 is 13.7 Å². The highest BCUT2D eigenvalue weighted by Crippen LogP contribution is 2.34. The molecular formula is C20H18N4O3S. The van der Waals surface area contributed by atoms with Crippen molar-refractivity contribution in [3.8, 4) is 17.1 Å². The Bertz CT molecular complexity index is 1030. The number of hydrogen-bond acceptors (Lipinski definition) is 8. The Morgan fingerprint density at radius 1 is 1.04 bits per heavy atom. The van der Waals surface area contributed by atoms with E-state index in [1.807, 2.05) is 61.5 Å². The molecule has 8 heteroatoms. The van der Waals surface area contributed by atoms with E-state index in [2.05, 4.69) is 20.3 Å².